The van der Waals surface area contributed by atoms with Gasteiger partial charge in [-0.15, -0.1) is 0 Å². The molecule has 0 radical (unpaired) electrons. The molecule has 0 saturated carbocycles. The molecule has 1 aromatic heterocycles. The Morgan fingerprint density at radius 2 is 2.19 bits per heavy atom. The molecule has 140 valence electrons. The first-order valence-electron chi connectivity index (χ1n) is 7.84. The van der Waals surface area contributed by atoms with E-state index in [-0.39, 0.29) is 18.9 Å². The van der Waals surface area contributed by atoms with Gasteiger partial charge in [-0.1, -0.05) is 28.6 Å². The molecule has 6 nitrogen and oxygen atoms in total. The molecule has 0 saturated heterocycles. The molecule has 0 aliphatic rings. The number of rotatable bonds is 8. The van der Waals surface area contributed by atoms with Crippen molar-refractivity contribution in [1.82, 2.24) is 9.85 Å². The van der Waals surface area contributed by atoms with Gasteiger partial charge in [0.15, 0.2) is 0 Å². The predicted octanol–water partition coefficient (Wildman–Crippen LogP) is 4.76. The lowest BCUT2D eigenvalue weighted by Gasteiger charge is -2.14. The molecule has 2 N–H and O–H groups in total. The van der Waals surface area contributed by atoms with Crippen molar-refractivity contribution in [1.29, 1.82) is 0 Å². The first-order chi connectivity index (χ1) is 13.1. The fraction of sp³-hybridized carbons (Fsp3) is 0.111. The van der Waals surface area contributed by atoms with E-state index in [9.17, 15) is 9.18 Å². The number of halogens is 2. The van der Waals surface area contributed by atoms with Gasteiger partial charge in [-0.05, 0) is 35.8 Å². The van der Waals surface area contributed by atoms with Crippen LogP contribution in [-0.4, -0.2) is 23.5 Å². The van der Waals surface area contributed by atoms with Crippen LogP contribution in [0.1, 0.15) is 10.4 Å². The highest BCUT2D eigenvalue weighted by Crippen LogP contribution is 2.34. The second-order valence-electron chi connectivity index (χ2n) is 5.30. The minimum atomic E-state index is -0.469. The van der Waals surface area contributed by atoms with Crippen molar-refractivity contribution in [2.45, 2.75) is 0 Å². The van der Waals surface area contributed by atoms with Gasteiger partial charge in [0, 0.05) is 16.1 Å². The average Bonchev–Trinajstić information content (AvgIpc) is 3.13. The number of hydrogen-bond acceptors (Lipinski definition) is 6. The Morgan fingerprint density at radius 3 is 2.96 bits per heavy atom. The maximum atomic E-state index is 14.3. The van der Waals surface area contributed by atoms with Crippen LogP contribution < -0.4 is 10.8 Å². The van der Waals surface area contributed by atoms with Crippen molar-refractivity contribution in [2.24, 2.45) is 0 Å². The standard InChI is InChI=1S/C18H15BrFN3O3S/c1-2-25-7-8-26-23-18(24)13-5-3-11-10-21-27-17(11)16(13)22-15-6-4-12(19)9-14(15)20/h2-6,9-10,22H,1,7-8H2,(H,23,24). The average molecular weight is 452 g/mol. The van der Waals surface area contributed by atoms with Gasteiger partial charge in [0.1, 0.15) is 19.0 Å². The number of carbonyl (C=O) groups excluding carboxylic acids is 1. The number of benzene rings is 2. The zero-order valence-electron chi connectivity index (χ0n) is 14.0. The fourth-order valence-electron chi connectivity index (χ4n) is 2.32. The summed E-state index contributed by atoms with van der Waals surface area (Å²) in [5, 5.41) is 3.85. The summed E-state index contributed by atoms with van der Waals surface area (Å²) in [5.41, 5.74) is 3.36. The van der Waals surface area contributed by atoms with E-state index in [1.807, 2.05) is 0 Å². The van der Waals surface area contributed by atoms with Crippen molar-refractivity contribution >= 4 is 54.8 Å². The van der Waals surface area contributed by atoms with Gasteiger partial charge in [0.2, 0.25) is 0 Å². The third-order valence-electron chi connectivity index (χ3n) is 3.55. The maximum Gasteiger partial charge on any atom is 0.277 e. The molecule has 0 unspecified atom stereocenters. The smallest absolute Gasteiger partial charge is 0.277 e. The van der Waals surface area contributed by atoms with Gasteiger partial charge in [-0.25, -0.2) is 9.87 Å². The Bertz CT molecular complexity index is 980. The van der Waals surface area contributed by atoms with Gasteiger partial charge >= 0.3 is 0 Å². The number of amides is 1. The van der Waals surface area contributed by atoms with Gasteiger partial charge < -0.3 is 10.1 Å². The molecule has 0 atom stereocenters. The summed E-state index contributed by atoms with van der Waals surface area (Å²) < 4.78 is 24.7. The van der Waals surface area contributed by atoms with E-state index in [0.717, 1.165) is 10.1 Å². The van der Waals surface area contributed by atoms with E-state index in [2.05, 4.69) is 37.7 Å². The van der Waals surface area contributed by atoms with Crippen LogP contribution in [0.5, 0.6) is 0 Å². The largest absolute Gasteiger partial charge is 0.499 e. The Balaban J connectivity index is 1.87. The quantitative estimate of drug-likeness (QED) is 0.293. The first kappa shape index (κ1) is 19.3. The molecule has 3 aromatic rings. The number of anilines is 2. The van der Waals surface area contributed by atoms with Gasteiger partial charge in [0.25, 0.3) is 5.91 Å². The third-order valence-corrected chi connectivity index (χ3v) is 4.87. The normalized spacial score (nSPS) is 10.6. The molecule has 0 spiro atoms. The number of hydroxylamine groups is 1. The van der Waals surface area contributed by atoms with Gasteiger partial charge in [0.05, 0.1) is 27.9 Å². The molecule has 0 aliphatic heterocycles. The monoisotopic (exact) mass is 451 g/mol. The molecular weight excluding hydrogens is 437 g/mol. The number of fused-ring (bicyclic) bond motifs is 1. The summed E-state index contributed by atoms with van der Waals surface area (Å²) in [6.07, 6.45) is 2.98. The van der Waals surface area contributed by atoms with Crippen LogP contribution in [0.2, 0.25) is 0 Å². The van der Waals surface area contributed by atoms with Crippen molar-refractivity contribution in [3.63, 3.8) is 0 Å². The number of hydrogen-bond donors (Lipinski definition) is 2. The van der Waals surface area contributed by atoms with E-state index < -0.39 is 11.7 Å². The molecule has 3 rings (SSSR count). The third kappa shape index (κ3) is 4.62. The van der Waals surface area contributed by atoms with E-state index in [4.69, 9.17) is 9.57 Å². The van der Waals surface area contributed by atoms with Crippen molar-refractivity contribution in [3.8, 4) is 0 Å². The second-order valence-corrected chi connectivity index (χ2v) is 7.02. The van der Waals surface area contributed by atoms with Crippen LogP contribution in [0.4, 0.5) is 15.8 Å². The Kier molecular flexibility index (Phi) is 6.38. The highest BCUT2D eigenvalue weighted by Gasteiger charge is 2.17. The SMILES string of the molecule is C=COCCONC(=O)c1ccc2cnsc2c1Nc1ccc(Br)cc1F. The molecule has 0 aliphatic carbocycles. The fourth-order valence-corrected chi connectivity index (χ4v) is 3.40. The molecule has 1 amide bonds. The number of nitrogens with one attached hydrogen (secondary N) is 2. The second kappa shape index (κ2) is 8.94. The maximum absolute atomic E-state index is 14.3. The van der Waals surface area contributed by atoms with E-state index in [1.54, 1.807) is 30.5 Å². The number of carbonyl (C=O) groups is 1. The van der Waals surface area contributed by atoms with Crippen LogP contribution in [0.15, 0.2) is 53.8 Å². The summed E-state index contributed by atoms with van der Waals surface area (Å²) in [4.78, 5) is 17.6. The summed E-state index contributed by atoms with van der Waals surface area (Å²) in [6, 6.07) is 8.05. The summed E-state index contributed by atoms with van der Waals surface area (Å²) in [6.45, 7) is 3.83. The van der Waals surface area contributed by atoms with E-state index in [0.29, 0.717) is 15.7 Å². The Labute approximate surface area is 167 Å². The van der Waals surface area contributed by atoms with E-state index in [1.165, 1.54) is 23.9 Å². The predicted molar refractivity (Wildman–Crippen MR) is 107 cm³/mol. The van der Waals surface area contributed by atoms with Gasteiger partial charge in [-0.2, -0.15) is 4.37 Å². The van der Waals surface area contributed by atoms with Crippen molar-refractivity contribution < 1.29 is 18.8 Å². The topological polar surface area (TPSA) is 72.5 Å². The minimum Gasteiger partial charge on any atom is -0.499 e. The molecule has 27 heavy (non-hydrogen) atoms. The molecule has 9 heteroatoms. The Hall–Kier alpha value is -2.49. The zero-order valence-corrected chi connectivity index (χ0v) is 16.4. The summed E-state index contributed by atoms with van der Waals surface area (Å²) >= 11 is 4.44. The highest BCUT2D eigenvalue weighted by atomic mass is 79.9. The summed E-state index contributed by atoms with van der Waals surface area (Å²) in [5.74, 6) is -0.918. The summed E-state index contributed by atoms with van der Waals surface area (Å²) in [7, 11) is 0. The van der Waals surface area contributed by atoms with E-state index >= 15 is 0 Å². The lowest BCUT2D eigenvalue weighted by atomic mass is 10.1. The first-order valence-corrected chi connectivity index (χ1v) is 9.41. The van der Waals surface area contributed by atoms with Crippen LogP contribution in [0.25, 0.3) is 10.1 Å². The lowest BCUT2D eigenvalue weighted by Crippen LogP contribution is -2.26. The molecular formula is C18H15BrFN3O3S. The molecule has 0 bridgehead atoms. The van der Waals surface area contributed by atoms with Gasteiger partial charge in [-0.3, -0.25) is 9.63 Å². The molecule has 2 aromatic carbocycles. The zero-order chi connectivity index (χ0) is 19.2. The minimum absolute atomic E-state index is 0.157. The molecule has 0 fully saturated rings. The van der Waals surface area contributed by atoms with Crippen LogP contribution in [0.3, 0.4) is 0 Å². The van der Waals surface area contributed by atoms with Crippen molar-refractivity contribution in [3.05, 3.63) is 65.2 Å². The van der Waals surface area contributed by atoms with Crippen molar-refractivity contribution in [2.75, 3.05) is 18.5 Å². The number of nitrogens with zero attached hydrogens (tertiary/aromatic N) is 1. The van der Waals surface area contributed by atoms with Crippen LogP contribution >= 0.6 is 27.5 Å². The highest BCUT2D eigenvalue weighted by molar-refractivity contribution is 9.10. The lowest BCUT2D eigenvalue weighted by molar-refractivity contribution is 0.0145. The number of ether oxygens (including phenoxy) is 1. The van der Waals surface area contributed by atoms with Crippen LogP contribution in [-0.2, 0) is 9.57 Å². The Morgan fingerprint density at radius 1 is 1.33 bits per heavy atom. The van der Waals surface area contributed by atoms with Crippen LogP contribution in [0, 0.1) is 5.82 Å². The number of aromatic nitrogens is 1. The molecule has 1 heterocycles.